The Balaban J connectivity index is 3.02. The number of hydrogen-bond donors (Lipinski definition) is 2. The summed E-state index contributed by atoms with van der Waals surface area (Å²) in [6, 6.07) is 6.00. The number of carbonyl (C=O) groups excluding carboxylic acids is 1. The summed E-state index contributed by atoms with van der Waals surface area (Å²) < 4.78 is 0. The van der Waals surface area contributed by atoms with Crippen LogP contribution in [0.2, 0.25) is 0 Å². The van der Waals surface area contributed by atoms with Crippen LogP contribution < -0.4 is 11.1 Å². The molecule has 4 heteroatoms. The van der Waals surface area contributed by atoms with Gasteiger partial charge in [0, 0.05) is 5.69 Å². The van der Waals surface area contributed by atoms with Crippen molar-refractivity contribution >= 4 is 28.8 Å². The minimum atomic E-state index is -0.431. The first-order valence-electron chi connectivity index (χ1n) is 6.57. The first-order valence-corrected chi connectivity index (χ1v) is 6.98. The van der Waals surface area contributed by atoms with Crippen molar-refractivity contribution in [1.82, 2.24) is 0 Å². The first-order chi connectivity index (χ1) is 8.88. The van der Waals surface area contributed by atoms with E-state index in [-0.39, 0.29) is 16.8 Å². The number of nitrogens with two attached hydrogens (primary N) is 1. The molecule has 0 saturated heterocycles. The van der Waals surface area contributed by atoms with Crippen molar-refractivity contribution in [2.45, 2.75) is 34.1 Å². The van der Waals surface area contributed by atoms with Gasteiger partial charge in [0.1, 0.15) is 0 Å². The molecule has 0 radical (unpaired) electrons. The van der Waals surface area contributed by atoms with Gasteiger partial charge in [0.15, 0.2) is 0 Å². The topological polar surface area (TPSA) is 55.1 Å². The zero-order valence-electron chi connectivity index (χ0n) is 12.0. The summed E-state index contributed by atoms with van der Waals surface area (Å²) in [6.07, 6.45) is 0.872. The van der Waals surface area contributed by atoms with E-state index in [0.717, 1.165) is 23.2 Å². The summed E-state index contributed by atoms with van der Waals surface area (Å²) in [4.78, 5) is 12.6. The molecule has 1 aromatic carbocycles. The summed E-state index contributed by atoms with van der Waals surface area (Å²) in [5.41, 5.74) is 8.74. The lowest BCUT2D eigenvalue weighted by Crippen LogP contribution is -2.37. The van der Waals surface area contributed by atoms with Crippen molar-refractivity contribution in [3.63, 3.8) is 0 Å². The Bertz CT molecular complexity index is 483. The molecule has 1 aromatic rings. The van der Waals surface area contributed by atoms with Gasteiger partial charge in [-0.25, -0.2) is 0 Å². The maximum absolute atomic E-state index is 12.3. The van der Waals surface area contributed by atoms with E-state index in [1.165, 1.54) is 0 Å². The molecule has 104 valence electrons. The Morgan fingerprint density at radius 3 is 2.53 bits per heavy atom. The van der Waals surface area contributed by atoms with Gasteiger partial charge in [-0.05, 0) is 30.4 Å². The Morgan fingerprint density at radius 1 is 1.42 bits per heavy atom. The number of thiocarbonyl (C=S) groups is 1. The van der Waals surface area contributed by atoms with Crippen LogP contribution in [-0.2, 0) is 11.2 Å². The van der Waals surface area contributed by atoms with Gasteiger partial charge in [-0.3, -0.25) is 4.79 Å². The number of benzene rings is 1. The number of carbonyl (C=O) groups is 1. The van der Waals surface area contributed by atoms with E-state index in [9.17, 15) is 4.79 Å². The minimum absolute atomic E-state index is 0.0894. The third kappa shape index (κ3) is 3.77. The molecule has 0 spiro atoms. The number of para-hydroxylation sites is 1. The van der Waals surface area contributed by atoms with Gasteiger partial charge >= 0.3 is 0 Å². The van der Waals surface area contributed by atoms with E-state index in [2.05, 4.69) is 12.2 Å². The monoisotopic (exact) mass is 278 g/mol. The van der Waals surface area contributed by atoms with Crippen LogP contribution in [0.1, 0.15) is 31.9 Å². The lowest BCUT2D eigenvalue weighted by Gasteiger charge is -2.21. The fourth-order valence-corrected chi connectivity index (χ4v) is 2.54. The van der Waals surface area contributed by atoms with Crippen molar-refractivity contribution in [2.24, 2.45) is 17.6 Å². The molecule has 3 nitrogen and oxygen atoms in total. The van der Waals surface area contributed by atoms with E-state index in [1.807, 2.05) is 39.0 Å². The second-order valence-electron chi connectivity index (χ2n) is 5.08. The quantitative estimate of drug-likeness (QED) is 0.814. The molecule has 0 fully saturated rings. The maximum Gasteiger partial charge on any atom is 0.234 e. The first kappa shape index (κ1) is 15.6. The van der Waals surface area contributed by atoms with Crippen LogP contribution in [-0.4, -0.2) is 10.9 Å². The molecule has 0 aliphatic heterocycles. The Morgan fingerprint density at radius 2 is 2.05 bits per heavy atom. The highest BCUT2D eigenvalue weighted by Crippen LogP contribution is 2.23. The molecule has 0 aliphatic rings. The van der Waals surface area contributed by atoms with E-state index < -0.39 is 5.92 Å². The predicted molar refractivity (Wildman–Crippen MR) is 84.3 cm³/mol. The second-order valence-corrected chi connectivity index (χ2v) is 5.55. The zero-order chi connectivity index (χ0) is 14.6. The number of amides is 1. The van der Waals surface area contributed by atoms with Crippen LogP contribution in [0.3, 0.4) is 0 Å². The fraction of sp³-hybridized carbons (Fsp3) is 0.467. The summed E-state index contributed by atoms with van der Waals surface area (Å²) in [6.45, 7) is 7.95. The molecular formula is C15H22N2OS. The third-order valence-corrected chi connectivity index (χ3v) is 3.50. The molecule has 1 atom stereocenters. The zero-order valence-corrected chi connectivity index (χ0v) is 12.8. The van der Waals surface area contributed by atoms with Gasteiger partial charge in [0.2, 0.25) is 5.91 Å². The van der Waals surface area contributed by atoms with Crippen molar-refractivity contribution in [2.75, 3.05) is 5.32 Å². The summed E-state index contributed by atoms with van der Waals surface area (Å²) in [5.74, 6) is -0.461. The molecule has 0 aliphatic carbocycles. The predicted octanol–water partition coefficient (Wildman–Crippen LogP) is 3.05. The normalized spacial score (nSPS) is 12.3. The van der Waals surface area contributed by atoms with E-state index >= 15 is 0 Å². The van der Waals surface area contributed by atoms with Gasteiger partial charge < -0.3 is 11.1 Å². The van der Waals surface area contributed by atoms with Gasteiger partial charge in [-0.15, -0.1) is 0 Å². The number of anilines is 1. The summed E-state index contributed by atoms with van der Waals surface area (Å²) in [7, 11) is 0. The van der Waals surface area contributed by atoms with Gasteiger partial charge in [-0.2, -0.15) is 0 Å². The number of nitrogens with one attached hydrogen (secondary N) is 1. The van der Waals surface area contributed by atoms with Crippen molar-refractivity contribution < 1.29 is 4.79 Å². The number of rotatable bonds is 5. The minimum Gasteiger partial charge on any atom is -0.393 e. The number of hydrogen-bond acceptors (Lipinski definition) is 2. The highest BCUT2D eigenvalue weighted by atomic mass is 32.1. The molecule has 1 unspecified atom stereocenters. The number of aryl methyl sites for hydroxylation is 2. The Hall–Kier alpha value is -1.42. The smallest absolute Gasteiger partial charge is 0.234 e. The van der Waals surface area contributed by atoms with Gasteiger partial charge in [-0.1, -0.05) is 51.2 Å². The Kier molecular flexibility index (Phi) is 5.48. The van der Waals surface area contributed by atoms with Crippen LogP contribution in [0, 0.1) is 18.8 Å². The lowest BCUT2D eigenvalue weighted by atomic mass is 9.94. The van der Waals surface area contributed by atoms with Crippen LogP contribution >= 0.6 is 12.2 Å². The summed E-state index contributed by atoms with van der Waals surface area (Å²) >= 11 is 5.00. The molecule has 0 heterocycles. The lowest BCUT2D eigenvalue weighted by molar-refractivity contribution is -0.118. The molecule has 3 N–H and O–H groups in total. The van der Waals surface area contributed by atoms with Gasteiger partial charge in [0.05, 0.1) is 10.9 Å². The molecule has 1 rings (SSSR count). The van der Waals surface area contributed by atoms with Crippen LogP contribution in [0.25, 0.3) is 0 Å². The fourth-order valence-electron chi connectivity index (χ4n) is 2.16. The second kappa shape index (κ2) is 6.66. The SMILES string of the molecule is CCc1cccc(C)c1NC(=O)C(C(N)=S)C(C)C. The largest absolute Gasteiger partial charge is 0.393 e. The van der Waals surface area contributed by atoms with E-state index in [1.54, 1.807) is 0 Å². The average Bonchev–Trinajstić information content (AvgIpc) is 2.30. The van der Waals surface area contributed by atoms with Crippen LogP contribution in [0.15, 0.2) is 18.2 Å². The molecule has 0 saturated carbocycles. The van der Waals surface area contributed by atoms with Gasteiger partial charge in [0.25, 0.3) is 0 Å². The Labute approximate surface area is 120 Å². The van der Waals surface area contributed by atoms with Crippen molar-refractivity contribution in [3.8, 4) is 0 Å². The molecule has 0 bridgehead atoms. The molecule has 19 heavy (non-hydrogen) atoms. The standard InChI is InChI=1S/C15H22N2OS/c1-5-11-8-6-7-10(4)13(11)17-15(18)12(9(2)3)14(16)19/h6-9,12H,5H2,1-4H3,(H2,16,19)(H,17,18). The molecule has 0 aromatic heterocycles. The average molecular weight is 278 g/mol. The van der Waals surface area contributed by atoms with Crippen LogP contribution in [0.4, 0.5) is 5.69 Å². The maximum atomic E-state index is 12.3. The molecular weight excluding hydrogens is 256 g/mol. The molecule has 1 amide bonds. The van der Waals surface area contributed by atoms with Crippen molar-refractivity contribution in [1.29, 1.82) is 0 Å². The third-order valence-electron chi connectivity index (χ3n) is 3.24. The summed E-state index contributed by atoms with van der Waals surface area (Å²) in [5, 5.41) is 2.99. The van der Waals surface area contributed by atoms with E-state index in [4.69, 9.17) is 18.0 Å². The highest BCUT2D eigenvalue weighted by Gasteiger charge is 2.25. The highest BCUT2D eigenvalue weighted by molar-refractivity contribution is 7.80. The van der Waals surface area contributed by atoms with Crippen molar-refractivity contribution in [3.05, 3.63) is 29.3 Å². The van der Waals surface area contributed by atoms with E-state index in [0.29, 0.717) is 0 Å². The van der Waals surface area contributed by atoms with Crippen LogP contribution in [0.5, 0.6) is 0 Å².